The molecule has 0 aromatic carbocycles. The summed E-state index contributed by atoms with van der Waals surface area (Å²) in [5.41, 5.74) is -0.0845. The van der Waals surface area contributed by atoms with Crippen LogP contribution in [-0.4, -0.2) is 22.3 Å². The standard InChI is InChI=1S/C7H10N2O.C6H10N2.2C2H6/c1-5(2)7-8-4-3-6(10)9-7;1-2-6-7-4-3-5-8-6;2*1-2/h3-5H,1-2H3,(H,8,9,10);3-4H,2,5H2,1H3,(H,7,8);2*1-2H3. The molecule has 0 radical (unpaired) electrons. The van der Waals surface area contributed by atoms with Crippen LogP contribution in [0.25, 0.3) is 0 Å². The van der Waals surface area contributed by atoms with Crippen LogP contribution >= 0.6 is 0 Å². The average Bonchev–Trinajstić information content (AvgIpc) is 2.60. The average molecular weight is 308 g/mol. The Morgan fingerprint density at radius 1 is 1.23 bits per heavy atom. The molecule has 1 aliphatic heterocycles. The van der Waals surface area contributed by atoms with Crippen molar-refractivity contribution in [2.75, 3.05) is 6.54 Å². The van der Waals surface area contributed by atoms with Crippen LogP contribution in [0.2, 0.25) is 0 Å². The predicted molar refractivity (Wildman–Crippen MR) is 96.5 cm³/mol. The number of H-pyrrole nitrogens is 1. The molecule has 5 nitrogen and oxygen atoms in total. The van der Waals surface area contributed by atoms with Crippen molar-refractivity contribution in [2.24, 2.45) is 4.99 Å². The summed E-state index contributed by atoms with van der Waals surface area (Å²) in [5.74, 6) is 2.12. The maximum Gasteiger partial charge on any atom is 0.250 e. The predicted octanol–water partition coefficient (Wildman–Crippen LogP) is 3.86. The first-order chi connectivity index (χ1) is 10.6. The topological polar surface area (TPSA) is 70.1 Å². The first kappa shape index (κ1) is 22.4. The number of aromatic amines is 1. The van der Waals surface area contributed by atoms with Crippen LogP contribution in [0.15, 0.2) is 34.3 Å². The van der Waals surface area contributed by atoms with Crippen molar-refractivity contribution >= 4 is 5.84 Å². The lowest BCUT2D eigenvalue weighted by molar-refractivity contribution is 0.766. The Balaban J connectivity index is 0. The number of aromatic nitrogens is 2. The number of amidine groups is 1. The van der Waals surface area contributed by atoms with E-state index in [4.69, 9.17) is 0 Å². The van der Waals surface area contributed by atoms with Gasteiger partial charge in [0.15, 0.2) is 0 Å². The zero-order valence-electron chi connectivity index (χ0n) is 15.1. The lowest BCUT2D eigenvalue weighted by Gasteiger charge is -2.05. The first-order valence-electron chi connectivity index (χ1n) is 8.13. The van der Waals surface area contributed by atoms with E-state index >= 15 is 0 Å². The Morgan fingerprint density at radius 3 is 2.18 bits per heavy atom. The number of nitrogens with one attached hydrogen (secondary N) is 2. The molecular weight excluding hydrogens is 276 g/mol. The molecule has 2 rings (SSSR count). The Bertz CT molecular complexity index is 476. The summed E-state index contributed by atoms with van der Waals surface area (Å²) in [7, 11) is 0. The molecule has 1 aromatic heterocycles. The minimum Gasteiger partial charge on any atom is -0.351 e. The zero-order chi connectivity index (χ0) is 17.4. The van der Waals surface area contributed by atoms with E-state index < -0.39 is 0 Å². The normalized spacial score (nSPS) is 11.5. The molecule has 2 heterocycles. The van der Waals surface area contributed by atoms with E-state index in [9.17, 15) is 4.79 Å². The van der Waals surface area contributed by atoms with Crippen LogP contribution in [-0.2, 0) is 0 Å². The Hall–Kier alpha value is -1.91. The highest BCUT2D eigenvalue weighted by molar-refractivity contribution is 5.83. The van der Waals surface area contributed by atoms with E-state index in [-0.39, 0.29) is 11.5 Å². The fourth-order valence-corrected chi connectivity index (χ4v) is 1.31. The third kappa shape index (κ3) is 10.8. The van der Waals surface area contributed by atoms with Gasteiger partial charge in [-0.2, -0.15) is 0 Å². The molecular formula is C17H32N4O. The van der Waals surface area contributed by atoms with Crippen molar-refractivity contribution in [2.45, 2.75) is 60.8 Å². The summed E-state index contributed by atoms with van der Waals surface area (Å²) < 4.78 is 0. The summed E-state index contributed by atoms with van der Waals surface area (Å²) in [6.45, 7) is 14.9. The minimum absolute atomic E-state index is 0.0845. The molecule has 5 heteroatoms. The second kappa shape index (κ2) is 15.5. The van der Waals surface area contributed by atoms with Crippen molar-refractivity contribution < 1.29 is 0 Å². The summed E-state index contributed by atoms with van der Waals surface area (Å²) in [4.78, 5) is 21.5. The number of nitrogens with zero attached hydrogens (tertiary/aromatic N) is 2. The van der Waals surface area contributed by atoms with E-state index in [1.807, 2.05) is 53.8 Å². The van der Waals surface area contributed by atoms with Gasteiger partial charge in [0.25, 0.3) is 5.56 Å². The van der Waals surface area contributed by atoms with E-state index in [0.29, 0.717) is 0 Å². The smallest absolute Gasteiger partial charge is 0.250 e. The molecule has 1 aromatic rings. The van der Waals surface area contributed by atoms with Gasteiger partial charge in [-0.25, -0.2) is 4.98 Å². The van der Waals surface area contributed by atoms with Gasteiger partial charge in [-0.3, -0.25) is 9.79 Å². The van der Waals surface area contributed by atoms with Crippen molar-refractivity contribution in [3.8, 4) is 0 Å². The number of hydrogen-bond acceptors (Lipinski definition) is 4. The van der Waals surface area contributed by atoms with Crippen molar-refractivity contribution in [3.63, 3.8) is 0 Å². The van der Waals surface area contributed by atoms with Gasteiger partial charge in [0, 0.05) is 24.6 Å². The van der Waals surface area contributed by atoms with Gasteiger partial charge in [-0.05, 0) is 12.3 Å². The molecule has 0 bridgehead atoms. The van der Waals surface area contributed by atoms with Gasteiger partial charge >= 0.3 is 0 Å². The fourth-order valence-electron chi connectivity index (χ4n) is 1.31. The number of aliphatic imine (C=N–C) groups is 1. The molecule has 0 saturated carbocycles. The minimum atomic E-state index is -0.0845. The highest BCUT2D eigenvalue weighted by Crippen LogP contribution is 2.03. The molecule has 1 aliphatic rings. The largest absolute Gasteiger partial charge is 0.351 e. The second-order valence-electron chi connectivity index (χ2n) is 4.16. The van der Waals surface area contributed by atoms with Gasteiger partial charge < -0.3 is 10.3 Å². The molecule has 0 fully saturated rings. The van der Waals surface area contributed by atoms with Crippen molar-refractivity contribution in [3.05, 3.63) is 40.7 Å². The van der Waals surface area contributed by atoms with Crippen molar-refractivity contribution in [1.82, 2.24) is 15.3 Å². The summed E-state index contributed by atoms with van der Waals surface area (Å²) >= 11 is 0. The Kier molecular flexibility index (Phi) is 15.7. The van der Waals surface area contributed by atoms with E-state index in [1.54, 1.807) is 0 Å². The molecule has 0 spiro atoms. The SMILES string of the molecule is CC.CC.CC(C)c1nccc(=O)[nH]1.CCC1=NCC=CN1. The van der Waals surface area contributed by atoms with Crippen LogP contribution in [0.1, 0.15) is 66.6 Å². The van der Waals surface area contributed by atoms with Gasteiger partial charge in [0.1, 0.15) is 11.7 Å². The highest BCUT2D eigenvalue weighted by Gasteiger charge is 1.98. The van der Waals surface area contributed by atoms with Crippen LogP contribution in [0, 0.1) is 0 Å². The van der Waals surface area contributed by atoms with E-state index in [2.05, 4.69) is 27.2 Å². The second-order valence-corrected chi connectivity index (χ2v) is 4.16. The molecule has 0 saturated heterocycles. The third-order valence-corrected chi connectivity index (χ3v) is 2.33. The highest BCUT2D eigenvalue weighted by atomic mass is 16.1. The maximum atomic E-state index is 10.7. The summed E-state index contributed by atoms with van der Waals surface area (Å²) in [6.07, 6.45) is 6.46. The fraction of sp³-hybridized carbons (Fsp3) is 0.588. The molecule has 0 amide bonds. The van der Waals surface area contributed by atoms with Gasteiger partial charge in [0.2, 0.25) is 0 Å². The Morgan fingerprint density at radius 2 is 1.86 bits per heavy atom. The number of hydrogen-bond donors (Lipinski definition) is 2. The first-order valence-corrected chi connectivity index (χ1v) is 8.13. The molecule has 22 heavy (non-hydrogen) atoms. The van der Waals surface area contributed by atoms with Crippen LogP contribution in [0.3, 0.4) is 0 Å². The Labute approximate surface area is 135 Å². The molecule has 126 valence electrons. The summed E-state index contributed by atoms with van der Waals surface area (Å²) in [6, 6.07) is 1.41. The summed E-state index contributed by atoms with van der Waals surface area (Å²) in [5, 5.41) is 3.04. The van der Waals surface area contributed by atoms with Crippen LogP contribution in [0.5, 0.6) is 0 Å². The third-order valence-electron chi connectivity index (χ3n) is 2.33. The van der Waals surface area contributed by atoms with Gasteiger partial charge in [-0.15, -0.1) is 0 Å². The van der Waals surface area contributed by atoms with Gasteiger partial charge in [0.05, 0.1) is 6.54 Å². The quantitative estimate of drug-likeness (QED) is 0.871. The molecule has 2 N–H and O–H groups in total. The number of rotatable bonds is 2. The lowest BCUT2D eigenvalue weighted by Crippen LogP contribution is -2.19. The maximum absolute atomic E-state index is 10.7. The monoisotopic (exact) mass is 308 g/mol. The lowest BCUT2D eigenvalue weighted by atomic mass is 10.2. The zero-order valence-corrected chi connectivity index (χ0v) is 15.1. The van der Waals surface area contributed by atoms with E-state index in [0.717, 1.165) is 24.6 Å². The van der Waals surface area contributed by atoms with E-state index in [1.165, 1.54) is 12.3 Å². The van der Waals surface area contributed by atoms with Crippen molar-refractivity contribution in [1.29, 1.82) is 0 Å². The molecule has 0 aliphatic carbocycles. The molecule has 0 atom stereocenters. The van der Waals surface area contributed by atoms with Crippen LogP contribution < -0.4 is 10.9 Å². The molecule has 0 unspecified atom stereocenters. The van der Waals surface area contributed by atoms with Gasteiger partial charge in [-0.1, -0.05) is 48.5 Å². The van der Waals surface area contributed by atoms with Crippen LogP contribution in [0.4, 0.5) is 0 Å².